The van der Waals surface area contributed by atoms with Crippen molar-refractivity contribution in [1.29, 1.82) is 0 Å². The molecule has 0 atom stereocenters. The van der Waals surface area contributed by atoms with Gasteiger partial charge in [0.15, 0.2) is 6.61 Å². The molecule has 0 saturated carbocycles. The number of ether oxygens (including phenoxy) is 2. The summed E-state index contributed by atoms with van der Waals surface area (Å²) in [6, 6.07) is 14.4. The number of amides is 1. The van der Waals surface area contributed by atoms with E-state index in [9.17, 15) is 9.59 Å². The van der Waals surface area contributed by atoms with E-state index in [1.54, 1.807) is 36.2 Å². The number of benzene rings is 2. The van der Waals surface area contributed by atoms with E-state index < -0.39 is 5.97 Å². The van der Waals surface area contributed by atoms with Crippen LogP contribution in [0.15, 0.2) is 53.1 Å². The van der Waals surface area contributed by atoms with Gasteiger partial charge in [-0.1, -0.05) is 29.4 Å². The quantitative estimate of drug-likeness (QED) is 0.511. The fraction of sp³-hybridized carbons (Fsp3) is 0.292. The number of aryl methyl sites for hydroxylation is 3. The largest absolute Gasteiger partial charge is 0.489 e. The second-order valence-corrected chi connectivity index (χ2v) is 7.37. The summed E-state index contributed by atoms with van der Waals surface area (Å²) in [4.78, 5) is 26.1. The van der Waals surface area contributed by atoms with Crippen LogP contribution in [0.5, 0.6) is 5.75 Å². The van der Waals surface area contributed by atoms with Crippen LogP contribution in [0, 0.1) is 20.8 Å². The van der Waals surface area contributed by atoms with Gasteiger partial charge in [-0.15, -0.1) is 0 Å². The minimum Gasteiger partial charge on any atom is -0.489 e. The number of esters is 1. The molecular formula is C24H26N2O5. The third-order valence-corrected chi connectivity index (χ3v) is 5.08. The van der Waals surface area contributed by atoms with E-state index in [1.165, 1.54) is 0 Å². The molecule has 2 aromatic carbocycles. The molecule has 7 nitrogen and oxygen atoms in total. The maximum absolute atomic E-state index is 12.3. The van der Waals surface area contributed by atoms with Gasteiger partial charge in [0, 0.05) is 13.6 Å². The van der Waals surface area contributed by atoms with Crippen LogP contribution in [0.25, 0.3) is 0 Å². The van der Waals surface area contributed by atoms with Crippen LogP contribution in [0.3, 0.4) is 0 Å². The van der Waals surface area contributed by atoms with Gasteiger partial charge in [-0.25, -0.2) is 4.79 Å². The van der Waals surface area contributed by atoms with Gasteiger partial charge in [0.2, 0.25) is 0 Å². The van der Waals surface area contributed by atoms with Crippen LogP contribution < -0.4 is 4.74 Å². The summed E-state index contributed by atoms with van der Waals surface area (Å²) in [7, 11) is 1.69. The topological polar surface area (TPSA) is 81.9 Å². The molecule has 162 valence electrons. The van der Waals surface area contributed by atoms with Crippen LogP contribution in [0.2, 0.25) is 0 Å². The van der Waals surface area contributed by atoms with Crippen molar-refractivity contribution < 1.29 is 23.6 Å². The van der Waals surface area contributed by atoms with Gasteiger partial charge in [-0.05, 0) is 56.2 Å². The van der Waals surface area contributed by atoms with Crippen LogP contribution in [-0.2, 0) is 22.7 Å². The Balaban J connectivity index is 1.49. The van der Waals surface area contributed by atoms with E-state index in [-0.39, 0.29) is 12.5 Å². The zero-order chi connectivity index (χ0) is 22.4. The van der Waals surface area contributed by atoms with Gasteiger partial charge in [-0.2, -0.15) is 0 Å². The number of aromatic nitrogens is 1. The van der Waals surface area contributed by atoms with Crippen LogP contribution in [0.4, 0.5) is 0 Å². The molecule has 31 heavy (non-hydrogen) atoms. The molecule has 3 aromatic rings. The molecule has 0 unspecified atom stereocenters. The molecule has 0 bridgehead atoms. The fourth-order valence-electron chi connectivity index (χ4n) is 3.00. The Morgan fingerprint density at radius 2 is 1.74 bits per heavy atom. The smallest absolute Gasteiger partial charge is 0.338 e. The highest BCUT2D eigenvalue weighted by molar-refractivity contribution is 5.91. The molecule has 1 heterocycles. The highest BCUT2D eigenvalue weighted by Gasteiger charge is 2.15. The SMILES string of the molecule is Cc1ccccc1CN(C)C(=O)COC(=O)c1ccc(OCc2c(C)noc2C)cc1. The van der Waals surface area contributed by atoms with Crippen molar-refractivity contribution in [2.45, 2.75) is 33.9 Å². The molecule has 3 rings (SSSR count). The van der Waals surface area contributed by atoms with Crippen LogP contribution in [-0.4, -0.2) is 35.6 Å². The highest BCUT2D eigenvalue weighted by Crippen LogP contribution is 2.18. The zero-order valence-electron chi connectivity index (χ0n) is 18.2. The molecule has 0 aliphatic heterocycles. The third kappa shape index (κ3) is 5.72. The van der Waals surface area contributed by atoms with Crippen LogP contribution >= 0.6 is 0 Å². The number of nitrogens with zero attached hydrogens (tertiary/aromatic N) is 2. The van der Waals surface area contributed by atoms with Crippen molar-refractivity contribution in [3.05, 3.63) is 82.2 Å². The minimum atomic E-state index is -0.560. The monoisotopic (exact) mass is 422 g/mol. The first kappa shape index (κ1) is 22.1. The Morgan fingerprint density at radius 3 is 2.39 bits per heavy atom. The zero-order valence-corrected chi connectivity index (χ0v) is 18.2. The van der Waals surface area contributed by atoms with E-state index in [2.05, 4.69) is 5.16 Å². The van der Waals surface area contributed by atoms with Gasteiger partial charge >= 0.3 is 5.97 Å². The summed E-state index contributed by atoms with van der Waals surface area (Å²) >= 11 is 0. The Morgan fingerprint density at radius 1 is 1.03 bits per heavy atom. The number of hydrogen-bond acceptors (Lipinski definition) is 6. The number of carbonyl (C=O) groups excluding carboxylic acids is 2. The summed E-state index contributed by atoms with van der Waals surface area (Å²) in [5, 5.41) is 3.89. The van der Waals surface area contributed by atoms with Gasteiger partial charge in [0.05, 0.1) is 16.8 Å². The van der Waals surface area contributed by atoms with Crippen molar-refractivity contribution in [2.75, 3.05) is 13.7 Å². The lowest BCUT2D eigenvalue weighted by Gasteiger charge is -2.18. The first-order valence-corrected chi connectivity index (χ1v) is 9.95. The van der Waals surface area contributed by atoms with E-state index in [0.29, 0.717) is 24.5 Å². The lowest BCUT2D eigenvalue weighted by Crippen LogP contribution is -2.31. The third-order valence-electron chi connectivity index (χ3n) is 5.08. The molecule has 1 aromatic heterocycles. The van der Waals surface area contributed by atoms with E-state index in [4.69, 9.17) is 14.0 Å². The van der Waals surface area contributed by atoms with E-state index >= 15 is 0 Å². The second kappa shape index (κ2) is 9.93. The summed E-state index contributed by atoms with van der Waals surface area (Å²) in [6.45, 7) is 6.15. The minimum absolute atomic E-state index is 0.268. The van der Waals surface area contributed by atoms with E-state index in [0.717, 1.165) is 28.1 Å². The summed E-state index contributed by atoms with van der Waals surface area (Å²) in [6.07, 6.45) is 0. The molecule has 1 amide bonds. The van der Waals surface area contributed by atoms with Crippen molar-refractivity contribution in [2.24, 2.45) is 0 Å². The summed E-state index contributed by atoms with van der Waals surface area (Å²) in [5.41, 5.74) is 4.19. The van der Waals surface area contributed by atoms with Crippen LogP contribution in [0.1, 0.15) is 38.5 Å². The van der Waals surface area contributed by atoms with Gasteiger partial charge in [0.1, 0.15) is 18.1 Å². The first-order chi connectivity index (χ1) is 14.8. The first-order valence-electron chi connectivity index (χ1n) is 9.95. The number of rotatable bonds is 8. The maximum Gasteiger partial charge on any atom is 0.338 e. The molecule has 0 spiro atoms. The summed E-state index contributed by atoms with van der Waals surface area (Å²) in [5.74, 6) is 0.492. The lowest BCUT2D eigenvalue weighted by atomic mass is 10.1. The molecule has 0 N–H and O–H groups in total. The molecule has 0 aliphatic rings. The van der Waals surface area contributed by atoms with Gasteiger partial charge < -0.3 is 18.9 Å². The number of carbonyl (C=O) groups is 2. The van der Waals surface area contributed by atoms with Gasteiger partial charge in [-0.3, -0.25) is 4.79 Å². The van der Waals surface area contributed by atoms with E-state index in [1.807, 2.05) is 45.0 Å². The standard InChI is InChI=1S/C24H26N2O5/c1-16-7-5-6-8-20(16)13-26(4)23(27)15-30-24(28)19-9-11-21(12-10-19)29-14-22-17(2)25-31-18(22)3/h5-12H,13-15H2,1-4H3. The highest BCUT2D eigenvalue weighted by atomic mass is 16.5. The Kier molecular flexibility index (Phi) is 7.07. The fourth-order valence-corrected chi connectivity index (χ4v) is 3.00. The predicted molar refractivity (Wildman–Crippen MR) is 115 cm³/mol. The van der Waals surface area contributed by atoms with Gasteiger partial charge in [0.25, 0.3) is 5.91 Å². The normalized spacial score (nSPS) is 10.6. The molecule has 7 heteroatoms. The van der Waals surface area contributed by atoms with Crippen molar-refractivity contribution in [3.8, 4) is 5.75 Å². The second-order valence-electron chi connectivity index (χ2n) is 7.37. The predicted octanol–water partition coefficient (Wildman–Crippen LogP) is 3.99. The Hall–Kier alpha value is -3.61. The van der Waals surface area contributed by atoms with Crippen molar-refractivity contribution in [3.63, 3.8) is 0 Å². The molecule has 0 radical (unpaired) electrons. The average Bonchev–Trinajstić information content (AvgIpc) is 3.09. The molecular weight excluding hydrogens is 396 g/mol. The number of hydrogen-bond donors (Lipinski definition) is 0. The number of likely N-dealkylation sites (N-methyl/N-ethyl adjacent to an activating group) is 1. The van der Waals surface area contributed by atoms with Crippen molar-refractivity contribution in [1.82, 2.24) is 10.1 Å². The summed E-state index contributed by atoms with van der Waals surface area (Å²) < 4.78 is 16.0. The Labute approximate surface area is 181 Å². The molecule has 0 saturated heterocycles. The molecule has 0 fully saturated rings. The lowest BCUT2D eigenvalue weighted by molar-refractivity contribution is -0.133. The maximum atomic E-state index is 12.3. The average molecular weight is 422 g/mol. The Bertz CT molecular complexity index is 1040. The molecule has 0 aliphatic carbocycles. The van der Waals surface area contributed by atoms with Crippen molar-refractivity contribution >= 4 is 11.9 Å².